The van der Waals surface area contributed by atoms with E-state index < -0.39 is 0 Å². The van der Waals surface area contributed by atoms with Crippen molar-refractivity contribution in [1.82, 2.24) is 20.3 Å². The number of aromatic nitrogens is 3. The van der Waals surface area contributed by atoms with E-state index in [1.807, 2.05) is 30.8 Å². The fraction of sp³-hybridized carbons (Fsp3) is 0.462. The van der Waals surface area contributed by atoms with Crippen LogP contribution in [0.5, 0.6) is 0 Å². The molecule has 0 unspecified atom stereocenters. The number of nitrogens with zero attached hydrogens (tertiary/aromatic N) is 3. The standard InChI is InChI=1S/C13H19N5O2/c1-9-7-12(17-20-9)16-13(19)8-14-10(2)11(3)18-6-4-5-15-18/h4-7,10-11,14H,8H2,1-3H3,(H,16,17,19)/t10-,11+/m0/s1. The van der Waals surface area contributed by atoms with E-state index in [0.29, 0.717) is 11.6 Å². The molecule has 2 N–H and O–H groups in total. The average molecular weight is 277 g/mol. The zero-order valence-electron chi connectivity index (χ0n) is 11.8. The molecule has 1 amide bonds. The minimum absolute atomic E-state index is 0.111. The molecule has 0 aromatic carbocycles. The van der Waals surface area contributed by atoms with Gasteiger partial charge >= 0.3 is 0 Å². The molecule has 108 valence electrons. The monoisotopic (exact) mass is 277 g/mol. The van der Waals surface area contributed by atoms with Gasteiger partial charge < -0.3 is 15.2 Å². The first kappa shape index (κ1) is 14.3. The maximum absolute atomic E-state index is 11.8. The van der Waals surface area contributed by atoms with Gasteiger partial charge in [-0.2, -0.15) is 5.10 Å². The van der Waals surface area contributed by atoms with E-state index in [1.165, 1.54) is 0 Å². The molecule has 0 aliphatic heterocycles. The van der Waals surface area contributed by atoms with Gasteiger partial charge in [0.25, 0.3) is 0 Å². The third kappa shape index (κ3) is 3.67. The first-order valence-corrected chi connectivity index (χ1v) is 6.52. The number of carbonyl (C=O) groups is 1. The molecule has 0 fully saturated rings. The molecule has 0 bridgehead atoms. The van der Waals surface area contributed by atoms with E-state index >= 15 is 0 Å². The predicted molar refractivity (Wildman–Crippen MR) is 74.3 cm³/mol. The lowest BCUT2D eigenvalue weighted by Gasteiger charge is -2.21. The second-order valence-electron chi connectivity index (χ2n) is 4.77. The summed E-state index contributed by atoms with van der Waals surface area (Å²) < 4.78 is 6.74. The molecule has 7 nitrogen and oxygen atoms in total. The topological polar surface area (TPSA) is 85.0 Å². The summed E-state index contributed by atoms with van der Waals surface area (Å²) in [5.74, 6) is 0.939. The molecule has 7 heteroatoms. The third-order valence-corrected chi connectivity index (χ3v) is 3.15. The van der Waals surface area contributed by atoms with Crippen molar-refractivity contribution in [3.8, 4) is 0 Å². The van der Waals surface area contributed by atoms with Crippen LogP contribution in [0.3, 0.4) is 0 Å². The van der Waals surface area contributed by atoms with Gasteiger partial charge in [-0.05, 0) is 26.8 Å². The third-order valence-electron chi connectivity index (χ3n) is 3.15. The molecule has 20 heavy (non-hydrogen) atoms. The maximum Gasteiger partial charge on any atom is 0.239 e. The highest BCUT2D eigenvalue weighted by Gasteiger charge is 2.15. The zero-order chi connectivity index (χ0) is 14.5. The van der Waals surface area contributed by atoms with Crippen LogP contribution in [0, 0.1) is 6.92 Å². The molecule has 0 spiro atoms. The Balaban J connectivity index is 1.78. The van der Waals surface area contributed by atoms with Crippen LogP contribution in [0.4, 0.5) is 5.82 Å². The first-order chi connectivity index (χ1) is 9.56. The minimum atomic E-state index is -0.155. The SMILES string of the molecule is Cc1cc(NC(=O)CN[C@@H](C)[C@@H](C)n2cccn2)no1. The van der Waals surface area contributed by atoms with Crippen molar-refractivity contribution in [2.75, 3.05) is 11.9 Å². The number of aryl methyl sites for hydroxylation is 1. The van der Waals surface area contributed by atoms with E-state index in [4.69, 9.17) is 4.52 Å². The number of carbonyl (C=O) groups excluding carboxylic acids is 1. The Morgan fingerprint density at radius 3 is 2.90 bits per heavy atom. The highest BCUT2D eigenvalue weighted by molar-refractivity contribution is 5.91. The molecule has 0 aliphatic rings. The molecule has 2 aromatic heterocycles. The van der Waals surface area contributed by atoms with Crippen LogP contribution in [0.2, 0.25) is 0 Å². The Bertz CT molecular complexity index is 549. The van der Waals surface area contributed by atoms with Gasteiger partial charge in [0.15, 0.2) is 5.82 Å². The number of hydrogen-bond donors (Lipinski definition) is 2. The number of rotatable bonds is 6. The van der Waals surface area contributed by atoms with Crippen LogP contribution in [0.15, 0.2) is 29.0 Å². The van der Waals surface area contributed by atoms with Gasteiger partial charge in [-0.3, -0.25) is 9.48 Å². The molecular formula is C13H19N5O2. The first-order valence-electron chi connectivity index (χ1n) is 6.52. The lowest BCUT2D eigenvalue weighted by Crippen LogP contribution is -2.39. The van der Waals surface area contributed by atoms with Gasteiger partial charge in [0.1, 0.15) is 5.76 Å². The molecular weight excluding hydrogens is 258 g/mol. The molecule has 0 saturated heterocycles. The Morgan fingerprint density at radius 2 is 2.30 bits per heavy atom. The van der Waals surface area contributed by atoms with Gasteiger partial charge in [0, 0.05) is 24.5 Å². The highest BCUT2D eigenvalue weighted by Crippen LogP contribution is 2.09. The average Bonchev–Trinajstić information content (AvgIpc) is 3.07. The lowest BCUT2D eigenvalue weighted by atomic mass is 10.2. The van der Waals surface area contributed by atoms with Gasteiger partial charge in [-0.15, -0.1) is 0 Å². The second kappa shape index (κ2) is 6.33. The van der Waals surface area contributed by atoms with E-state index in [9.17, 15) is 4.79 Å². The van der Waals surface area contributed by atoms with Gasteiger partial charge in [-0.25, -0.2) is 0 Å². The van der Waals surface area contributed by atoms with Crippen LogP contribution >= 0.6 is 0 Å². The summed E-state index contributed by atoms with van der Waals surface area (Å²) in [6, 6.07) is 3.82. The molecule has 2 atom stereocenters. The number of nitrogens with one attached hydrogen (secondary N) is 2. The van der Waals surface area contributed by atoms with Crippen LogP contribution in [0.25, 0.3) is 0 Å². The summed E-state index contributed by atoms with van der Waals surface area (Å²) in [6.07, 6.45) is 3.64. The summed E-state index contributed by atoms with van der Waals surface area (Å²) in [5, 5.41) is 13.7. The number of anilines is 1. The van der Waals surface area contributed by atoms with E-state index in [2.05, 4.69) is 20.9 Å². The van der Waals surface area contributed by atoms with Crippen LogP contribution in [0.1, 0.15) is 25.6 Å². The van der Waals surface area contributed by atoms with Crippen molar-refractivity contribution in [3.63, 3.8) is 0 Å². The van der Waals surface area contributed by atoms with Crippen LogP contribution in [-0.2, 0) is 4.79 Å². The smallest absolute Gasteiger partial charge is 0.239 e. The molecule has 0 saturated carbocycles. The fourth-order valence-corrected chi connectivity index (χ4v) is 1.79. The zero-order valence-corrected chi connectivity index (χ0v) is 11.8. The van der Waals surface area contributed by atoms with Crippen LogP contribution in [-0.4, -0.2) is 33.4 Å². The predicted octanol–water partition coefficient (Wildman–Crippen LogP) is 1.36. The maximum atomic E-state index is 11.8. The van der Waals surface area contributed by atoms with Gasteiger partial charge in [0.2, 0.25) is 5.91 Å². The molecule has 2 aromatic rings. The van der Waals surface area contributed by atoms with Crippen molar-refractivity contribution in [1.29, 1.82) is 0 Å². The second-order valence-corrected chi connectivity index (χ2v) is 4.77. The van der Waals surface area contributed by atoms with Gasteiger partial charge in [0.05, 0.1) is 12.6 Å². The fourth-order valence-electron chi connectivity index (χ4n) is 1.79. The van der Waals surface area contributed by atoms with Crippen molar-refractivity contribution >= 4 is 11.7 Å². The number of amides is 1. The van der Waals surface area contributed by atoms with Crippen LogP contribution < -0.4 is 10.6 Å². The lowest BCUT2D eigenvalue weighted by molar-refractivity contribution is -0.115. The summed E-state index contributed by atoms with van der Waals surface area (Å²) in [7, 11) is 0. The Kier molecular flexibility index (Phi) is 4.52. The van der Waals surface area contributed by atoms with Crippen molar-refractivity contribution < 1.29 is 9.32 Å². The summed E-state index contributed by atoms with van der Waals surface area (Å²) in [6.45, 7) is 6.04. The Morgan fingerprint density at radius 1 is 1.50 bits per heavy atom. The Hall–Kier alpha value is -2.15. The van der Waals surface area contributed by atoms with Crippen molar-refractivity contribution in [2.24, 2.45) is 0 Å². The Labute approximate surface area is 117 Å². The van der Waals surface area contributed by atoms with E-state index in [0.717, 1.165) is 0 Å². The largest absolute Gasteiger partial charge is 0.360 e. The van der Waals surface area contributed by atoms with E-state index in [1.54, 1.807) is 19.2 Å². The normalized spacial score (nSPS) is 13.9. The molecule has 0 radical (unpaired) electrons. The highest BCUT2D eigenvalue weighted by atomic mass is 16.5. The summed E-state index contributed by atoms with van der Waals surface area (Å²) in [4.78, 5) is 11.8. The van der Waals surface area contributed by atoms with Gasteiger partial charge in [-0.1, -0.05) is 5.16 Å². The molecule has 2 rings (SSSR count). The number of hydrogen-bond acceptors (Lipinski definition) is 5. The minimum Gasteiger partial charge on any atom is -0.360 e. The quantitative estimate of drug-likeness (QED) is 0.832. The van der Waals surface area contributed by atoms with Crippen molar-refractivity contribution in [2.45, 2.75) is 32.9 Å². The molecule has 2 heterocycles. The summed E-state index contributed by atoms with van der Waals surface area (Å²) >= 11 is 0. The van der Waals surface area contributed by atoms with E-state index in [-0.39, 0.29) is 24.5 Å². The molecule has 0 aliphatic carbocycles. The summed E-state index contributed by atoms with van der Waals surface area (Å²) in [5.41, 5.74) is 0. The van der Waals surface area contributed by atoms with Crippen molar-refractivity contribution in [3.05, 3.63) is 30.3 Å².